The fraction of sp³-hybridized carbons (Fsp3) is 0.417. The molecule has 0 amide bonds. The van der Waals surface area contributed by atoms with Gasteiger partial charge in [0, 0.05) is 22.9 Å². The summed E-state index contributed by atoms with van der Waals surface area (Å²) < 4.78 is 5.51. The lowest BCUT2D eigenvalue weighted by Gasteiger charge is -2.19. The lowest BCUT2D eigenvalue weighted by atomic mass is 10.1. The van der Waals surface area contributed by atoms with Crippen molar-refractivity contribution >= 4 is 34.5 Å². The smallest absolute Gasteiger partial charge is 0.106 e. The number of nitrogens with one attached hydrogen (secondary N) is 1. The molecule has 92 valence electrons. The van der Waals surface area contributed by atoms with Crippen molar-refractivity contribution in [2.75, 3.05) is 11.9 Å². The Balaban J connectivity index is 2.24. The van der Waals surface area contributed by atoms with E-state index < -0.39 is 0 Å². The molecule has 2 rings (SSSR count). The predicted octanol–water partition coefficient (Wildman–Crippen LogP) is 2.56. The summed E-state index contributed by atoms with van der Waals surface area (Å²) in [6, 6.07) is 5.76. The monoisotopic (exact) mass is 270 g/mol. The van der Waals surface area contributed by atoms with Crippen LogP contribution < -0.4 is 11.1 Å². The van der Waals surface area contributed by atoms with Gasteiger partial charge in [0.25, 0.3) is 0 Å². The van der Waals surface area contributed by atoms with E-state index in [-0.39, 0.29) is 12.1 Å². The van der Waals surface area contributed by atoms with Gasteiger partial charge in [0.05, 0.1) is 12.1 Å². The summed E-state index contributed by atoms with van der Waals surface area (Å²) in [4.78, 5) is 0.371. The second-order valence-corrected chi connectivity index (χ2v) is 5.05. The van der Waals surface area contributed by atoms with Gasteiger partial charge in [-0.05, 0) is 31.5 Å². The molecule has 0 radical (unpaired) electrons. The summed E-state index contributed by atoms with van der Waals surface area (Å²) in [5.41, 5.74) is 7.40. The highest BCUT2D eigenvalue weighted by Crippen LogP contribution is 2.25. The van der Waals surface area contributed by atoms with E-state index in [2.05, 4.69) is 12.2 Å². The number of benzene rings is 1. The first-order valence-electron chi connectivity index (χ1n) is 5.55. The van der Waals surface area contributed by atoms with E-state index in [0.717, 1.165) is 24.3 Å². The zero-order chi connectivity index (χ0) is 12.4. The Morgan fingerprint density at radius 2 is 2.35 bits per heavy atom. The summed E-state index contributed by atoms with van der Waals surface area (Å²) in [6.45, 7) is 2.83. The van der Waals surface area contributed by atoms with Crippen molar-refractivity contribution in [3.05, 3.63) is 28.8 Å². The molecule has 1 fully saturated rings. The summed E-state index contributed by atoms with van der Waals surface area (Å²) in [5.74, 6) is 0. The molecule has 17 heavy (non-hydrogen) atoms. The lowest BCUT2D eigenvalue weighted by Crippen LogP contribution is -2.28. The van der Waals surface area contributed by atoms with E-state index in [1.807, 2.05) is 12.1 Å². The van der Waals surface area contributed by atoms with Crippen LogP contribution in [0.5, 0.6) is 0 Å². The maximum Gasteiger partial charge on any atom is 0.106 e. The Morgan fingerprint density at radius 3 is 2.94 bits per heavy atom. The van der Waals surface area contributed by atoms with Crippen LogP contribution in [0.2, 0.25) is 5.02 Å². The van der Waals surface area contributed by atoms with Gasteiger partial charge in [0.1, 0.15) is 4.99 Å². The quantitative estimate of drug-likeness (QED) is 0.829. The third-order valence-corrected chi connectivity index (χ3v) is 3.42. The molecule has 1 aliphatic rings. The minimum Gasteiger partial charge on any atom is -0.389 e. The van der Waals surface area contributed by atoms with Gasteiger partial charge in [0.2, 0.25) is 0 Å². The van der Waals surface area contributed by atoms with Gasteiger partial charge < -0.3 is 15.8 Å². The first kappa shape index (κ1) is 12.6. The van der Waals surface area contributed by atoms with Gasteiger partial charge in [-0.1, -0.05) is 23.8 Å². The van der Waals surface area contributed by atoms with Gasteiger partial charge in [0.15, 0.2) is 0 Å². The molecule has 5 heteroatoms. The van der Waals surface area contributed by atoms with Crippen molar-refractivity contribution in [1.29, 1.82) is 0 Å². The largest absolute Gasteiger partial charge is 0.389 e. The molecule has 1 aromatic rings. The van der Waals surface area contributed by atoms with Crippen molar-refractivity contribution in [2.45, 2.75) is 25.5 Å². The van der Waals surface area contributed by atoms with Crippen LogP contribution in [0, 0.1) is 0 Å². The molecule has 2 unspecified atom stereocenters. The zero-order valence-electron chi connectivity index (χ0n) is 9.57. The molecule has 0 spiro atoms. The Labute approximate surface area is 111 Å². The second kappa shape index (κ2) is 5.21. The first-order chi connectivity index (χ1) is 8.08. The molecule has 1 heterocycles. The molecule has 1 aliphatic heterocycles. The maximum atomic E-state index is 5.99. The molecule has 0 aromatic heterocycles. The van der Waals surface area contributed by atoms with E-state index >= 15 is 0 Å². The van der Waals surface area contributed by atoms with Crippen LogP contribution >= 0.6 is 23.8 Å². The van der Waals surface area contributed by atoms with E-state index in [1.165, 1.54) is 0 Å². The fourth-order valence-electron chi connectivity index (χ4n) is 1.97. The van der Waals surface area contributed by atoms with Crippen LogP contribution in [0.4, 0.5) is 5.69 Å². The first-order valence-corrected chi connectivity index (χ1v) is 6.34. The molecule has 3 N–H and O–H groups in total. The average Bonchev–Trinajstić information content (AvgIpc) is 2.64. The zero-order valence-corrected chi connectivity index (χ0v) is 11.1. The van der Waals surface area contributed by atoms with Crippen LogP contribution in [-0.4, -0.2) is 23.7 Å². The van der Waals surface area contributed by atoms with Gasteiger partial charge in [-0.2, -0.15) is 0 Å². The lowest BCUT2D eigenvalue weighted by molar-refractivity contribution is 0.121. The number of rotatable bonds is 3. The SMILES string of the molecule is CC1OCCC1Nc1cc(Cl)ccc1C(N)=S. The van der Waals surface area contributed by atoms with E-state index in [1.54, 1.807) is 6.07 Å². The number of halogens is 1. The van der Waals surface area contributed by atoms with E-state index in [4.69, 9.17) is 34.3 Å². The third kappa shape index (κ3) is 2.89. The fourth-order valence-corrected chi connectivity index (χ4v) is 2.32. The summed E-state index contributed by atoms with van der Waals surface area (Å²) in [5, 5.41) is 4.07. The number of hydrogen-bond donors (Lipinski definition) is 2. The summed E-state index contributed by atoms with van der Waals surface area (Å²) >= 11 is 11.0. The van der Waals surface area contributed by atoms with Crippen molar-refractivity contribution in [1.82, 2.24) is 0 Å². The van der Waals surface area contributed by atoms with Crippen LogP contribution in [0.1, 0.15) is 18.9 Å². The molecule has 0 saturated carbocycles. The average molecular weight is 271 g/mol. The summed E-state index contributed by atoms with van der Waals surface area (Å²) in [7, 11) is 0. The van der Waals surface area contributed by atoms with Crippen molar-refractivity contribution in [3.8, 4) is 0 Å². The molecule has 0 aliphatic carbocycles. The highest BCUT2D eigenvalue weighted by molar-refractivity contribution is 7.80. The van der Waals surface area contributed by atoms with Crippen LogP contribution in [-0.2, 0) is 4.74 Å². The Bertz CT molecular complexity index is 439. The Hall–Kier alpha value is -0.840. The van der Waals surface area contributed by atoms with Gasteiger partial charge in [-0.25, -0.2) is 0 Å². The molecular formula is C12H15ClN2OS. The number of nitrogens with two attached hydrogens (primary N) is 1. The topological polar surface area (TPSA) is 47.3 Å². The van der Waals surface area contributed by atoms with E-state index in [9.17, 15) is 0 Å². The van der Waals surface area contributed by atoms with Crippen molar-refractivity contribution in [2.24, 2.45) is 5.73 Å². The Morgan fingerprint density at radius 1 is 1.59 bits per heavy atom. The van der Waals surface area contributed by atoms with Gasteiger partial charge in [-0.3, -0.25) is 0 Å². The van der Waals surface area contributed by atoms with Gasteiger partial charge >= 0.3 is 0 Å². The van der Waals surface area contributed by atoms with Crippen molar-refractivity contribution in [3.63, 3.8) is 0 Å². The molecule has 2 atom stereocenters. The number of hydrogen-bond acceptors (Lipinski definition) is 3. The molecule has 3 nitrogen and oxygen atoms in total. The van der Waals surface area contributed by atoms with Crippen LogP contribution in [0.3, 0.4) is 0 Å². The minimum absolute atomic E-state index is 0.188. The van der Waals surface area contributed by atoms with E-state index in [0.29, 0.717) is 10.0 Å². The normalized spacial score (nSPS) is 23.6. The standard InChI is InChI=1S/C12H15ClN2OS/c1-7-10(4-5-16-7)15-11-6-8(13)2-3-9(11)12(14)17/h2-3,6-7,10,15H,4-5H2,1H3,(H2,14,17). The highest BCUT2D eigenvalue weighted by Gasteiger charge is 2.24. The molecular weight excluding hydrogens is 256 g/mol. The minimum atomic E-state index is 0.188. The Kier molecular flexibility index (Phi) is 3.86. The number of ether oxygens (including phenoxy) is 1. The number of thiocarbonyl (C=S) groups is 1. The predicted molar refractivity (Wildman–Crippen MR) is 74.8 cm³/mol. The van der Waals surface area contributed by atoms with Crippen LogP contribution in [0.25, 0.3) is 0 Å². The third-order valence-electron chi connectivity index (χ3n) is 2.96. The molecule has 1 aromatic carbocycles. The van der Waals surface area contributed by atoms with Crippen molar-refractivity contribution < 1.29 is 4.74 Å². The highest BCUT2D eigenvalue weighted by atomic mass is 35.5. The molecule has 1 saturated heterocycles. The second-order valence-electron chi connectivity index (χ2n) is 4.17. The number of anilines is 1. The van der Waals surface area contributed by atoms with Crippen LogP contribution in [0.15, 0.2) is 18.2 Å². The summed E-state index contributed by atoms with van der Waals surface area (Å²) in [6.07, 6.45) is 1.16. The maximum absolute atomic E-state index is 5.99. The molecule has 0 bridgehead atoms. The van der Waals surface area contributed by atoms with Gasteiger partial charge in [-0.15, -0.1) is 0 Å².